The van der Waals surface area contributed by atoms with Crippen molar-refractivity contribution in [3.05, 3.63) is 23.4 Å². The van der Waals surface area contributed by atoms with Gasteiger partial charge in [0.1, 0.15) is 5.82 Å². The molecule has 0 amide bonds. The predicted molar refractivity (Wildman–Crippen MR) is 105 cm³/mol. The van der Waals surface area contributed by atoms with Crippen molar-refractivity contribution >= 4 is 23.4 Å². The molecule has 1 atom stereocenters. The Morgan fingerprint density at radius 1 is 1.44 bits per heavy atom. The Morgan fingerprint density at radius 2 is 2.32 bits per heavy atom. The van der Waals surface area contributed by atoms with E-state index in [1.54, 1.807) is 6.20 Å². The monoisotopic (exact) mass is 367 g/mol. The Balaban J connectivity index is 1.80. The molecule has 0 spiro atoms. The first-order valence-corrected chi connectivity index (χ1v) is 9.60. The van der Waals surface area contributed by atoms with Crippen LogP contribution in [-0.4, -0.2) is 56.4 Å². The molecule has 0 aromatic carbocycles. The zero-order valence-corrected chi connectivity index (χ0v) is 16.1. The van der Waals surface area contributed by atoms with Gasteiger partial charge in [0.25, 0.3) is 0 Å². The fourth-order valence-corrected chi connectivity index (χ4v) is 3.09. The summed E-state index contributed by atoms with van der Waals surface area (Å²) in [7, 11) is 0. The third kappa shape index (κ3) is 6.71. The molecular formula is C18H30ClN5O. The van der Waals surface area contributed by atoms with E-state index in [-0.39, 0.29) is 0 Å². The van der Waals surface area contributed by atoms with Crippen molar-refractivity contribution in [1.29, 1.82) is 0 Å². The summed E-state index contributed by atoms with van der Waals surface area (Å²) in [4.78, 5) is 11.3. The molecule has 2 heterocycles. The fraction of sp³-hybridized carbons (Fsp3) is 0.667. The summed E-state index contributed by atoms with van der Waals surface area (Å²) in [6.45, 7) is 9.20. The second-order valence-electron chi connectivity index (χ2n) is 6.05. The molecule has 1 aromatic heterocycles. The summed E-state index contributed by atoms with van der Waals surface area (Å²) in [5.41, 5.74) is 0. The van der Waals surface area contributed by atoms with Gasteiger partial charge in [-0.25, -0.2) is 4.98 Å². The zero-order valence-electron chi connectivity index (χ0n) is 15.3. The molecule has 6 nitrogen and oxygen atoms in total. The van der Waals surface area contributed by atoms with Gasteiger partial charge in [-0.05, 0) is 45.2 Å². The number of aromatic nitrogens is 1. The summed E-state index contributed by atoms with van der Waals surface area (Å²) in [5, 5.41) is 7.56. The van der Waals surface area contributed by atoms with E-state index in [0.29, 0.717) is 11.1 Å². The minimum Gasteiger partial charge on any atom is -0.382 e. The molecule has 140 valence electrons. The fourth-order valence-electron chi connectivity index (χ4n) is 2.85. The number of pyridine rings is 1. The van der Waals surface area contributed by atoms with Crippen molar-refractivity contribution in [2.75, 3.05) is 44.3 Å². The van der Waals surface area contributed by atoms with Crippen LogP contribution in [0.2, 0.25) is 5.02 Å². The van der Waals surface area contributed by atoms with E-state index >= 15 is 0 Å². The lowest BCUT2D eigenvalue weighted by atomic mass is 10.3. The van der Waals surface area contributed by atoms with Crippen LogP contribution < -0.4 is 15.5 Å². The highest BCUT2D eigenvalue weighted by Gasteiger charge is 2.25. The van der Waals surface area contributed by atoms with E-state index in [2.05, 4.69) is 32.4 Å². The van der Waals surface area contributed by atoms with Crippen LogP contribution in [0.3, 0.4) is 0 Å². The number of nitrogens with one attached hydrogen (secondary N) is 2. The molecule has 0 saturated carbocycles. The van der Waals surface area contributed by atoms with Crippen molar-refractivity contribution in [2.45, 2.75) is 39.2 Å². The quantitative estimate of drug-likeness (QED) is 0.399. The molecule has 1 saturated heterocycles. The maximum absolute atomic E-state index is 6.26. The summed E-state index contributed by atoms with van der Waals surface area (Å²) in [6.07, 6.45) is 4.92. The van der Waals surface area contributed by atoms with E-state index < -0.39 is 0 Å². The highest BCUT2D eigenvalue weighted by Crippen LogP contribution is 2.25. The topological polar surface area (TPSA) is 61.8 Å². The van der Waals surface area contributed by atoms with E-state index in [1.807, 2.05) is 19.1 Å². The molecule has 25 heavy (non-hydrogen) atoms. The zero-order chi connectivity index (χ0) is 17.9. The third-order valence-corrected chi connectivity index (χ3v) is 4.38. The first-order valence-electron chi connectivity index (χ1n) is 9.22. The largest absolute Gasteiger partial charge is 0.382 e. The highest BCUT2D eigenvalue weighted by molar-refractivity contribution is 6.32. The number of unbranched alkanes of at least 4 members (excludes halogenated alkanes) is 1. The molecule has 1 unspecified atom stereocenters. The van der Waals surface area contributed by atoms with Crippen molar-refractivity contribution < 1.29 is 4.74 Å². The second kappa shape index (κ2) is 11.2. The maximum Gasteiger partial charge on any atom is 0.191 e. The molecule has 0 radical (unpaired) electrons. The van der Waals surface area contributed by atoms with E-state index in [4.69, 9.17) is 16.3 Å². The van der Waals surface area contributed by atoms with Gasteiger partial charge in [-0.15, -0.1) is 0 Å². The van der Waals surface area contributed by atoms with Gasteiger partial charge in [0.2, 0.25) is 0 Å². The molecular weight excluding hydrogens is 338 g/mol. The minimum absolute atomic E-state index is 0.347. The summed E-state index contributed by atoms with van der Waals surface area (Å²) >= 11 is 6.26. The van der Waals surface area contributed by atoms with Crippen LogP contribution in [0, 0.1) is 0 Å². The Hall–Kier alpha value is -1.53. The van der Waals surface area contributed by atoms with E-state index in [9.17, 15) is 0 Å². The average molecular weight is 368 g/mol. The Bertz CT molecular complexity index is 540. The number of anilines is 1. The van der Waals surface area contributed by atoms with Crippen LogP contribution >= 0.6 is 11.6 Å². The van der Waals surface area contributed by atoms with E-state index in [0.717, 1.165) is 70.4 Å². The van der Waals surface area contributed by atoms with Crippen LogP contribution in [0.15, 0.2) is 23.3 Å². The molecule has 7 heteroatoms. The number of halogens is 1. The van der Waals surface area contributed by atoms with Crippen molar-refractivity contribution in [3.63, 3.8) is 0 Å². The predicted octanol–water partition coefficient (Wildman–Crippen LogP) is 2.69. The third-order valence-electron chi connectivity index (χ3n) is 4.08. The first kappa shape index (κ1) is 19.8. The summed E-state index contributed by atoms with van der Waals surface area (Å²) in [5.74, 6) is 1.75. The molecule has 0 aliphatic carbocycles. The van der Waals surface area contributed by atoms with Gasteiger partial charge in [-0.1, -0.05) is 11.6 Å². The molecule has 0 bridgehead atoms. The Morgan fingerprint density at radius 3 is 3.08 bits per heavy atom. The molecule has 2 rings (SSSR count). The second-order valence-corrected chi connectivity index (χ2v) is 6.46. The van der Waals surface area contributed by atoms with Gasteiger partial charge in [0.15, 0.2) is 5.96 Å². The minimum atomic E-state index is 0.347. The first-order chi connectivity index (χ1) is 12.2. The molecule has 2 N–H and O–H groups in total. The van der Waals surface area contributed by atoms with Gasteiger partial charge >= 0.3 is 0 Å². The van der Waals surface area contributed by atoms with Crippen molar-refractivity contribution in [1.82, 2.24) is 15.6 Å². The number of guanidine groups is 1. The lowest BCUT2D eigenvalue weighted by Gasteiger charge is -2.20. The van der Waals surface area contributed by atoms with Crippen LogP contribution in [0.4, 0.5) is 5.82 Å². The van der Waals surface area contributed by atoms with Crippen LogP contribution in [0.25, 0.3) is 0 Å². The van der Waals surface area contributed by atoms with E-state index in [1.165, 1.54) is 0 Å². The van der Waals surface area contributed by atoms with Crippen LogP contribution in [0.5, 0.6) is 0 Å². The number of hydrogen-bond donors (Lipinski definition) is 2. The smallest absolute Gasteiger partial charge is 0.191 e. The van der Waals surface area contributed by atoms with Gasteiger partial charge in [0.05, 0.1) is 5.02 Å². The van der Waals surface area contributed by atoms with Gasteiger partial charge in [-0.3, -0.25) is 4.99 Å². The molecule has 1 aliphatic heterocycles. The Kier molecular flexibility index (Phi) is 8.83. The summed E-state index contributed by atoms with van der Waals surface area (Å²) in [6, 6.07) is 4.09. The highest BCUT2D eigenvalue weighted by atomic mass is 35.5. The number of hydrogen-bond acceptors (Lipinski definition) is 4. The number of rotatable bonds is 9. The molecule has 1 fully saturated rings. The molecule has 1 aliphatic rings. The van der Waals surface area contributed by atoms with Gasteiger partial charge in [-0.2, -0.15) is 0 Å². The number of ether oxygens (including phenoxy) is 1. The van der Waals surface area contributed by atoms with Gasteiger partial charge in [0, 0.05) is 51.6 Å². The average Bonchev–Trinajstić information content (AvgIpc) is 3.07. The summed E-state index contributed by atoms with van der Waals surface area (Å²) < 4.78 is 5.36. The number of nitrogens with zero attached hydrogens (tertiary/aromatic N) is 3. The SMILES string of the molecule is CCNC(=NCCCCOCC)NC1CCN(c2ncccc2Cl)C1. The lowest BCUT2D eigenvalue weighted by Crippen LogP contribution is -2.44. The van der Waals surface area contributed by atoms with Crippen molar-refractivity contribution in [3.8, 4) is 0 Å². The standard InChI is InChI=1S/C18H30ClN5O/c1-3-20-18(22-10-5-6-13-25-4-2)23-15-9-12-24(14-15)17-16(19)8-7-11-21-17/h7-8,11,15H,3-6,9-10,12-14H2,1-2H3,(H2,20,22,23). The Labute approximate surface area is 156 Å². The lowest BCUT2D eigenvalue weighted by molar-refractivity contribution is 0.144. The van der Waals surface area contributed by atoms with Crippen LogP contribution in [-0.2, 0) is 4.74 Å². The normalized spacial score (nSPS) is 17.8. The molecule has 1 aromatic rings. The van der Waals surface area contributed by atoms with Gasteiger partial charge < -0.3 is 20.3 Å². The number of aliphatic imine (C=N–C) groups is 1. The van der Waals surface area contributed by atoms with Crippen LogP contribution in [0.1, 0.15) is 33.1 Å². The maximum atomic E-state index is 6.26. The van der Waals surface area contributed by atoms with Crippen molar-refractivity contribution in [2.24, 2.45) is 4.99 Å².